The zero-order valence-corrected chi connectivity index (χ0v) is 28.4. The second-order valence-electron chi connectivity index (χ2n) is 10.9. The highest BCUT2D eigenvalue weighted by Crippen LogP contribution is 2.63. The molecule has 0 amide bonds. The van der Waals surface area contributed by atoms with Gasteiger partial charge in [-0.2, -0.15) is 17.2 Å². The number of alkyl halides is 2. The van der Waals surface area contributed by atoms with Crippen molar-refractivity contribution in [1.82, 2.24) is 0 Å². The molecule has 15 heteroatoms. The number of carbonyl (C=O) groups excluding carboxylic acids is 2. The Bertz CT molecular complexity index is 1450. The van der Waals surface area contributed by atoms with E-state index in [1.54, 1.807) is 24.3 Å². The van der Waals surface area contributed by atoms with E-state index in [-0.39, 0.29) is 24.0 Å². The number of ether oxygens (including phenoxy) is 4. The summed E-state index contributed by atoms with van der Waals surface area (Å²) in [7, 11) is -5.96. The van der Waals surface area contributed by atoms with Gasteiger partial charge in [0.05, 0.1) is 13.7 Å². The summed E-state index contributed by atoms with van der Waals surface area (Å²) in [5.74, 6) is -0.567. The molecule has 1 N–H and O–H groups in total. The first kappa shape index (κ1) is 31.4. The Hall–Kier alpha value is -1.06. The van der Waals surface area contributed by atoms with Crippen LogP contribution in [0.5, 0.6) is 17.2 Å². The summed E-state index contributed by atoms with van der Waals surface area (Å²) in [6.07, 6.45) is 2.48. The number of halogens is 5. The van der Waals surface area contributed by atoms with Gasteiger partial charge in [-0.05, 0) is 155 Å². The SMILES string of the molecule is O=C(Oc1ccc(Oc2c(I)cc(I)cc2I)cc1)OC12CC3CC(CC(COC(=O)C(F)(F)S(=O)(=O)O)(C3)C1)C2. The second kappa shape index (κ2) is 11.5. The van der Waals surface area contributed by atoms with Crippen molar-refractivity contribution in [3.05, 3.63) is 47.1 Å². The number of hydrogen-bond donors (Lipinski definition) is 1. The van der Waals surface area contributed by atoms with Gasteiger partial charge in [0.2, 0.25) is 0 Å². The summed E-state index contributed by atoms with van der Waals surface area (Å²) in [6, 6.07) is 10.5. The molecule has 0 aliphatic heterocycles. The van der Waals surface area contributed by atoms with E-state index in [0.717, 1.165) is 22.9 Å². The van der Waals surface area contributed by atoms with E-state index < -0.39 is 45.1 Å². The lowest BCUT2D eigenvalue weighted by Crippen LogP contribution is -2.59. The fourth-order valence-corrected chi connectivity index (χ4v) is 10.7. The van der Waals surface area contributed by atoms with E-state index in [4.69, 9.17) is 23.5 Å². The Labute approximate surface area is 275 Å². The van der Waals surface area contributed by atoms with Gasteiger partial charge in [0.1, 0.15) is 17.1 Å². The summed E-state index contributed by atoms with van der Waals surface area (Å²) in [5.41, 5.74) is -1.67. The predicted octanol–water partition coefficient (Wildman–Crippen LogP) is 7.17. The molecule has 0 spiro atoms. The van der Waals surface area contributed by atoms with Gasteiger partial charge in [0, 0.05) is 8.99 Å². The van der Waals surface area contributed by atoms with Crippen molar-refractivity contribution in [2.24, 2.45) is 17.3 Å². The average Bonchev–Trinajstić information content (AvgIpc) is 2.84. The maximum Gasteiger partial charge on any atom is 0.514 e. The predicted molar refractivity (Wildman–Crippen MR) is 166 cm³/mol. The molecular formula is C26H23F2I3O9S. The molecule has 4 saturated carbocycles. The summed E-state index contributed by atoms with van der Waals surface area (Å²) >= 11 is 6.65. The minimum atomic E-state index is -5.96. The van der Waals surface area contributed by atoms with Crippen LogP contribution in [-0.4, -0.2) is 42.6 Å². The first-order valence-electron chi connectivity index (χ1n) is 12.4. The van der Waals surface area contributed by atoms with E-state index in [0.29, 0.717) is 31.4 Å². The molecule has 4 aliphatic carbocycles. The molecule has 0 saturated heterocycles. The van der Waals surface area contributed by atoms with Gasteiger partial charge in [-0.25, -0.2) is 9.59 Å². The Morgan fingerprint density at radius 1 is 0.976 bits per heavy atom. The van der Waals surface area contributed by atoms with Crippen molar-refractivity contribution in [2.45, 2.75) is 49.4 Å². The van der Waals surface area contributed by atoms with E-state index in [1.807, 2.05) is 12.1 Å². The van der Waals surface area contributed by atoms with Crippen LogP contribution in [0.1, 0.15) is 38.5 Å². The Morgan fingerprint density at radius 2 is 1.54 bits per heavy atom. The molecule has 222 valence electrons. The average molecular weight is 930 g/mol. The van der Waals surface area contributed by atoms with Crippen LogP contribution in [0.15, 0.2) is 36.4 Å². The zero-order chi connectivity index (χ0) is 29.8. The van der Waals surface area contributed by atoms with Crippen molar-refractivity contribution in [3.8, 4) is 17.2 Å². The van der Waals surface area contributed by atoms with Crippen molar-refractivity contribution in [2.75, 3.05) is 6.61 Å². The van der Waals surface area contributed by atoms with Crippen LogP contribution in [0.2, 0.25) is 0 Å². The minimum Gasteiger partial charge on any atom is -0.460 e. The van der Waals surface area contributed by atoms with Gasteiger partial charge in [0.15, 0.2) is 5.75 Å². The molecule has 2 unspecified atom stereocenters. The maximum absolute atomic E-state index is 13.7. The Balaban J connectivity index is 1.22. The van der Waals surface area contributed by atoms with Crippen molar-refractivity contribution < 1.29 is 50.3 Å². The topological polar surface area (TPSA) is 125 Å². The lowest BCUT2D eigenvalue weighted by atomic mass is 9.48. The fraction of sp³-hybridized carbons (Fsp3) is 0.462. The van der Waals surface area contributed by atoms with Crippen molar-refractivity contribution in [3.63, 3.8) is 0 Å². The van der Waals surface area contributed by atoms with Gasteiger partial charge in [-0.15, -0.1) is 0 Å². The normalized spacial score (nSPS) is 26.9. The van der Waals surface area contributed by atoms with E-state index in [9.17, 15) is 26.8 Å². The molecule has 41 heavy (non-hydrogen) atoms. The molecular weight excluding hydrogens is 907 g/mol. The van der Waals surface area contributed by atoms with Crippen molar-refractivity contribution >= 4 is 90.0 Å². The highest BCUT2D eigenvalue weighted by atomic mass is 127. The number of carbonyl (C=O) groups is 2. The molecule has 2 aromatic rings. The lowest BCUT2D eigenvalue weighted by Gasteiger charge is -2.60. The maximum atomic E-state index is 13.7. The van der Waals surface area contributed by atoms with Crippen LogP contribution in [0.3, 0.4) is 0 Å². The third kappa shape index (κ3) is 6.72. The molecule has 0 radical (unpaired) electrons. The summed E-state index contributed by atoms with van der Waals surface area (Å²) in [4.78, 5) is 24.7. The van der Waals surface area contributed by atoms with E-state index >= 15 is 0 Å². The third-order valence-electron chi connectivity index (χ3n) is 7.71. The Kier molecular flexibility index (Phi) is 8.77. The number of rotatable bonds is 8. The summed E-state index contributed by atoms with van der Waals surface area (Å²) in [5, 5.41) is -5.06. The molecule has 0 heterocycles. The van der Waals surface area contributed by atoms with E-state index in [1.165, 1.54) is 0 Å². The number of hydrogen-bond acceptors (Lipinski definition) is 8. The van der Waals surface area contributed by atoms with Gasteiger partial charge in [-0.3, -0.25) is 4.55 Å². The number of benzene rings is 2. The highest BCUT2D eigenvalue weighted by Gasteiger charge is 2.61. The second-order valence-corrected chi connectivity index (χ2v) is 16.0. The van der Waals surface area contributed by atoms with Gasteiger partial charge < -0.3 is 18.9 Å². The zero-order valence-electron chi connectivity index (χ0n) is 21.1. The summed E-state index contributed by atoms with van der Waals surface area (Å²) in [6.45, 7) is -0.468. The molecule has 9 nitrogen and oxygen atoms in total. The molecule has 4 aliphatic rings. The quantitative estimate of drug-likeness (QED) is 0.127. The molecule has 4 bridgehead atoms. The molecule has 2 aromatic carbocycles. The molecule has 4 fully saturated rings. The van der Waals surface area contributed by atoms with Gasteiger partial charge >= 0.3 is 27.5 Å². The van der Waals surface area contributed by atoms with Gasteiger partial charge in [-0.1, -0.05) is 0 Å². The lowest BCUT2D eigenvalue weighted by molar-refractivity contribution is -0.196. The highest BCUT2D eigenvalue weighted by molar-refractivity contribution is 14.1. The summed E-state index contributed by atoms with van der Waals surface area (Å²) < 4.78 is 83.0. The monoisotopic (exact) mass is 930 g/mol. The van der Waals surface area contributed by atoms with Crippen LogP contribution in [0.4, 0.5) is 13.6 Å². The van der Waals surface area contributed by atoms with Crippen LogP contribution in [0, 0.1) is 28.0 Å². The third-order valence-corrected chi connectivity index (χ3v) is 10.7. The fourth-order valence-electron chi connectivity index (χ4n) is 6.67. The largest absolute Gasteiger partial charge is 0.514 e. The van der Waals surface area contributed by atoms with Crippen LogP contribution < -0.4 is 9.47 Å². The van der Waals surface area contributed by atoms with E-state index in [2.05, 4.69) is 67.8 Å². The standard InChI is InChI=1S/C26H23F2I3O9S/c27-26(28,41(34,35)36)22(32)37-13-24-8-14-5-15(9-24)11-25(10-14,12-24)40-23(33)39-18-3-1-17(2-4-18)38-21-19(30)6-16(29)7-20(21)31/h1-4,6-7,14-15H,5,8-13H2,(H,34,35,36). The molecule has 2 atom stereocenters. The first-order chi connectivity index (χ1) is 19.1. The Morgan fingerprint density at radius 3 is 2.10 bits per heavy atom. The van der Waals surface area contributed by atoms with Gasteiger partial charge in [0.25, 0.3) is 0 Å². The smallest absolute Gasteiger partial charge is 0.460 e. The molecule has 0 aromatic heterocycles. The van der Waals surface area contributed by atoms with Crippen LogP contribution in [0.25, 0.3) is 0 Å². The molecule has 6 rings (SSSR count). The first-order valence-corrected chi connectivity index (χ1v) is 17.1. The number of esters is 1. The van der Waals surface area contributed by atoms with Crippen LogP contribution >= 0.6 is 67.8 Å². The van der Waals surface area contributed by atoms with Crippen molar-refractivity contribution in [1.29, 1.82) is 0 Å². The minimum absolute atomic E-state index is 0.119. The van der Waals surface area contributed by atoms with Crippen LogP contribution in [-0.2, 0) is 24.4 Å².